The zero-order valence-corrected chi connectivity index (χ0v) is 22.9. The van der Waals surface area contributed by atoms with Crippen LogP contribution in [0, 0.1) is 0 Å². The number of carbonyl (C=O) groups excluding carboxylic acids is 2. The molecule has 1 aliphatic carbocycles. The van der Waals surface area contributed by atoms with Gasteiger partial charge in [-0.05, 0) is 54.7 Å². The Labute approximate surface area is 229 Å². The number of ether oxygens (including phenoxy) is 4. The van der Waals surface area contributed by atoms with Crippen LogP contribution >= 0.6 is 11.6 Å². The van der Waals surface area contributed by atoms with E-state index in [1.165, 1.54) is 17.7 Å². The molecule has 1 N–H and O–H groups in total. The highest BCUT2D eigenvalue weighted by atomic mass is 35.5. The molecule has 0 aromatic heterocycles. The highest BCUT2D eigenvalue weighted by Gasteiger charge is 2.33. The molecule has 1 heterocycles. The highest BCUT2D eigenvalue weighted by Crippen LogP contribution is 2.36. The molecule has 1 aliphatic heterocycles. The van der Waals surface area contributed by atoms with Crippen LogP contribution in [0.4, 0.5) is 0 Å². The number of amides is 2. The van der Waals surface area contributed by atoms with Gasteiger partial charge in [-0.2, -0.15) is 0 Å². The number of nitrogens with zero attached hydrogens (tertiary/aromatic N) is 1. The smallest absolute Gasteiger partial charge is 0.247 e. The lowest BCUT2D eigenvalue weighted by atomic mass is 10.0. The van der Waals surface area contributed by atoms with Gasteiger partial charge >= 0.3 is 0 Å². The lowest BCUT2D eigenvalue weighted by molar-refractivity contribution is -0.140. The van der Waals surface area contributed by atoms with Crippen molar-refractivity contribution in [2.75, 3.05) is 26.4 Å². The first-order valence-electron chi connectivity index (χ1n) is 13.4. The lowest BCUT2D eigenvalue weighted by Crippen LogP contribution is -2.46. The molecule has 206 valence electrons. The largest absolute Gasteiger partial charge is 0.493 e. The SMILES string of the molecule is CCCOc1ccc([C@H](C(=O)NC2CCCCCC2)N(Cc2ccc3c(c2)OCO3)C(=O)CCl)cc1OC. The minimum absolute atomic E-state index is 0.0695. The van der Waals surface area contributed by atoms with Crippen LogP contribution in [0.1, 0.15) is 69.0 Å². The third-order valence-corrected chi connectivity index (χ3v) is 7.18. The van der Waals surface area contributed by atoms with Crippen molar-refractivity contribution in [3.63, 3.8) is 0 Å². The molecule has 9 heteroatoms. The minimum Gasteiger partial charge on any atom is -0.493 e. The molecular weight excluding hydrogens is 508 g/mol. The summed E-state index contributed by atoms with van der Waals surface area (Å²) in [6, 6.07) is 10.0. The number of fused-ring (bicyclic) bond motifs is 1. The maximum atomic E-state index is 14.0. The quantitative estimate of drug-likeness (QED) is 0.303. The average Bonchev–Trinajstić information content (AvgIpc) is 3.26. The maximum Gasteiger partial charge on any atom is 0.247 e. The number of rotatable bonds is 11. The van der Waals surface area contributed by atoms with E-state index in [0.29, 0.717) is 35.2 Å². The third kappa shape index (κ3) is 6.84. The monoisotopic (exact) mass is 544 g/mol. The molecule has 1 fully saturated rings. The maximum absolute atomic E-state index is 14.0. The van der Waals surface area contributed by atoms with Crippen LogP contribution in [-0.2, 0) is 16.1 Å². The van der Waals surface area contributed by atoms with E-state index in [4.69, 9.17) is 30.5 Å². The second kappa shape index (κ2) is 13.6. The summed E-state index contributed by atoms with van der Waals surface area (Å²) < 4.78 is 22.4. The fraction of sp³-hybridized carbons (Fsp3) is 0.517. The Morgan fingerprint density at radius 2 is 1.82 bits per heavy atom. The molecule has 38 heavy (non-hydrogen) atoms. The Balaban J connectivity index is 1.69. The molecule has 0 unspecified atom stereocenters. The van der Waals surface area contributed by atoms with Gasteiger partial charge in [-0.25, -0.2) is 0 Å². The van der Waals surface area contributed by atoms with Gasteiger partial charge in [0.1, 0.15) is 11.9 Å². The second-order valence-electron chi connectivity index (χ2n) is 9.70. The van der Waals surface area contributed by atoms with Crippen molar-refractivity contribution in [3.05, 3.63) is 47.5 Å². The summed E-state index contributed by atoms with van der Waals surface area (Å²) in [4.78, 5) is 28.8. The summed E-state index contributed by atoms with van der Waals surface area (Å²) in [5.74, 6) is 1.51. The van der Waals surface area contributed by atoms with Gasteiger partial charge in [-0.3, -0.25) is 9.59 Å². The van der Waals surface area contributed by atoms with Crippen LogP contribution in [0.5, 0.6) is 23.0 Å². The predicted molar refractivity (Wildman–Crippen MR) is 145 cm³/mol. The van der Waals surface area contributed by atoms with E-state index in [2.05, 4.69) is 5.32 Å². The van der Waals surface area contributed by atoms with E-state index in [0.717, 1.165) is 37.7 Å². The van der Waals surface area contributed by atoms with Crippen molar-refractivity contribution >= 4 is 23.4 Å². The highest BCUT2D eigenvalue weighted by molar-refractivity contribution is 6.27. The van der Waals surface area contributed by atoms with Gasteiger partial charge in [-0.15, -0.1) is 11.6 Å². The number of alkyl halides is 1. The molecule has 0 radical (unpaired) electrons. The zero-order chi connectivity index (χ0) is 26.9. The first-order chi connectivity index (χ1) is 18.5. The zero-order valence-electron chi connectivity index (χ0n) is 22.2. The normalized spacial score (nSPS) is 15.9. The molecule has 8 nitrogen and oxygen atoms in total. The molecule has 1 saturated carbocycles. The molecule has 1 atom stereocenters. The van der Waals surface area contributed by atoms with Gasteiger partial charge in [0.15, 0.2) is 23.0 Å². The Morgan fingerprint density at radius 3 is 2.53 bits per heavy atom. The van der Waals surface area contributed by atoms with Gasteiger partial charge in [0, 0.05) is 12.6 Å². The van der Waals surface area contributed by atoms with E-state index < -0.39 is 6.04 Å². The van der Waals surface area contributed by atoms with Gasteiger partial charge in [-0.1, -0.05) is 44.7 Å². The van der Waals surface area contributed by atoms with Crippen molar-refractivity contribution in [2.45, 2.75) is 70.5 Å². The second-order valence-corrected chi connectivity index (χ2v) is 9.97. The van der Waals surface area contributed by atoms with Gasteiger partial charge in [0.05, 0.1) is 13.7 Å². The molecule has 4 rings (SSSR count). The van der Waals surface area contributed by atoms with E-state index in [1.54, 1.807) is 19.2 Å². The van der Waals surface area contributed by atoms with E-state index in [-0.39, 0.29) is 37.1 Å². The average molecular weight is 545 g/mol. The number of halogens is 1. The van der Waals surface area contributed by atoms with Crippen LogP contribution in [0.25, 0.3) is 0 Å². The van der Waals surface area contributed by atoms with Crippen LogP contribution < -0.4 is 24.3 Å². The lowest BCUT2D eigenvalue weighted by Gasteiger charge is -2.32. The van der Waals surface area contributed by atoms with Crippen LogP contribution in [0.15, 0.2) is 36.4 Å². The molecule has 0 bridgehead atoms. The van der Waals surface area contributed by atoms with Crippen molar-refractivity contribution < 1.29 is 28.5 Å². The molecular formula is C29H37ClN2O6. The predicted octanol–water partition coefficient (Wildman–Crippen LogP) is 5.36. The Bertz CT molecular complexity index is 1100. The van der Waals surface area contributed by atoms with E-state index in [1.807, 2.05) is 31.2 Å². The van der Waals surface area contributed by atoms with Gasteiger partial charge in [0.25, 0.3) is 0 Å². The summed E-state index contributed by atoms with van der Waals surface area (Å²) in [5.41, 5.74) is 1.42. The fourth-order valence-corrected chi connectivity index (χ4v) is 5.15. The van der Waals surface area contributed by atoms with Crippen molar-refractivity contribution in [1.29, 1.82) is 0 Å². The fourth-order valence-electron chi connectivity index (χ4n) is 5.00. The summed E-state index contributed by atoms with van der Waals surface area (Å²) in [7, 11) is 1.56. The van der Waals surface area contributed by atoms with E-state index in [9.17, 15) is 9.59 Å². The van der Waals surface area contributed by atoms with Crippen LogP contribution in [0.2, 0.25) is 0 Å². The van der Waals surface area contributed by atoms with Crippen molar-refractivity contribution in [1.82, 2.24) is 10.2 Å². The number of nitrogens with one attached hydrogen (secondary N) is 1. The van der Waals surface area contributed by atoms with Crippen molar-refractivity contribution in [2.24, 2.45) is 0 Å². The first-order valence-corrected chi connectivity index (χ1v) is 13.9. The molecule has 2 aliphatic rings. The standard InChI is InChI=1S/C29H37ClN2O6/c1-3-14-36-23-13-11-21(16-25(23)35-2)28(29(34)31-22-8-6-4-5-7-9-22)32(27(33)17-30)18-20-10-12-24-26(15-20)38-19-37-24/h10-13,15-16,22,28H,3-9,14,17-19H2,1-2H3,(H,31,34)/t28-/m1/s1. The van der Waals surface area contributed by atoms with Gasteiger partial charge in [0.2, 0.25) is 18.6 Å². The Kier molecular flexibility index (Phi) is 9.98. The topological polar surface area (TPSA) is 86.3 Å². The third-order valence-electron chi connectivity index (χ3n) is 6.95. The number of hydrogen-bond acceptors (Lipinski definition) is 6. The summed E-state index contributed by atoms with van der Waals surface area (Å²) in [6.45, 7) is 2.89. The molecule has 2 aromatic carbocycles. The summed E-state index contributed by atoms with van der Waals surface area (Å²) in [6.07, 6.45) is 7.21. The van der Waals surface area contributed by atoms with Crippen LogP contribution in [-0.4, -0.2) is 49.1 Å². The summed E-state index contributed by atoms with van der Waals surface area (Å²) in [5, 5.41) is 3.24. The van der Waals surface area contributed by atoms with Crippen molar-refractivity contribution in [3.8, 4) is 23.0 Å². The van der Waals surface area contributed by atoms with Gasteiger partial charge < -0.3 is 29.2 Å². The van der Waals surface area contributed by atoms with Crippen LogP contribution in [0.3, 0.4) is 0 Å². The van der Waals surface area contributed by atoms with E-state index >= 15 is 0 Å². The summed E-state index contributed by atoms with van der Waals surface area (Å²) >= 11 is 6.09. The minimum atomic E-state index is -0.913. The first kappa shape index (κ1) is 27.9. The molecule has 2 amide bonds. The molecule has 0 saturated heterocycles. The molecule has 0 spiro atoms. The Hall–Kier alpha value is -3.13. The Morgan fingerprint density at radius 1 is 1.05 bits per heavy atom. The molecule has 2 aromatic rings. The number of hydrogen-bond donors (Lipinski definition) is 1. The number of carbonyl (C=O) groups is 2. The number of methoxy groups -OCH3 is 1. The number of benzene rings is 2.